The van der Waals surface area contributed by atoms with Crippen molar-refractivity contribution in [3.05, 3.63) is 46.2 Å². The highest BCUT2D eigenvalue weighted by Gasteiger charge is 2.27. The third kappa shape index (κ3) is 2.90. The van der Waals surface area contributed by atoms with Gasteiger partial charge in [0.2, 0.25) is 0 Å². The molecule has 100 valence electrons. The van der Waals surface area contributed by atoms with Crippen LogP contribution in [0.15, 0.2) is 29.8 Å². The Hall–Kier alpha value is -1.95. The SMILES string of the molecule is CC(C)(NC(=O)c1ccc(O)cc1F)c1nccs1. The molecule has 0 saturated heterocycles. The largest absolute Gasteiger partial charge is 0.508 e. The molecule has 0 aliphatic rings. The second kappa shape index (κ2) is 4.97. The lowest BCUT2D eigenvalue weighted by Gasteiger charge is -2.23. The highest BCUT2D eigenvalue weighted by Crippen LogP contribution is 2.23. The number of nitrogens with one attached hydrogen (secondary N) is 1. The first-order valence-corrected chi connectivity index (χ1v) is 6.49. The average molecular weight is 280 g/mol. The van der Waals surface area contributed by atoms with Crippen molar-refractivity contribution in [2.75, 3.05) is 0 Å². The average Bonchev–Trinajstić information content (AvgIpc) is 2.81. The number of halogens is 1. The molecule has 1 aromatic carbocycles. The van der Waals surface area contributed by atoms with Crippen molar-refractivity contribution < 1.29 is 14.3 Å². The molecule has 19 heavy (non-hydrogen) atoms. The van der Waals surface area contributed by atoms with E-state index in [0.29, 0.717) is 0 Å². The van der Waals surface area contributed by atoms with E-state index in [0.717, 1.165) is 11.1 Å². The van der Waals surface area contributed by atoms with Crippen molar-refractivity contribution in [2.24, 2.45) is 0 Å². The molecule has 2 aromatic rings. The van der Waals surface area contributed by atoms with Crippen LogP contribution in [-0.4, -0.2) is 16.0 Å². The predicted molar refractivity (Wildman–Crippen MR) is 70.7 cm³/mol. The first-order chi connectivity index (χ1) is 8.90. The predicted octanol–water partition coefficient (Wildman–Crippen LogP) is 2.65. The number of rotatable bonds is 3. The van der Waals surface area contributed by atoms with Crippen LogP contribution in [0.3, 0.4) is 0 Å². The summed E-state index contributed by atoms with van der Waals surface area (Å²) in [6.45, 7) is 3.59. The summed E-state index contributed by atoms with van der Waals surface area (Å²) >= 11 is 1.41. The van der Waals surface area contributed by atoms with Gasteiger partial charge in [-0.3, -0.25) is 4.79 Å². The fourth-order valence-corrected chi connectivity index (χ4v) is 2.34. The first-order valence-electron chi connectivity index (χ1n) is 5.61. The van der Waals surface area contributed by atoms with Crippen LogP contribution in [-0.2, 0) is 5.54 Å². The Labute approximate surface area is 113 Å². The molecule has 1 aromatic heterocycles. The third-order valence-corrected chi connectivity index (χ3v) is 3.69. The molecule has 1 heterocycles. The van der Waals surface area contributed by atoms with E-state index in [9.17, 15) is 9.18 Å². The monoisotopic (exact) mass is 280 g/mol. The van der Waals surface area contributed by atoms with Gasteiger partial charge in [0.1, 0.15) is 16.6 Å². The molecule has 0 saturated carbocycles. The summed E-state index contributed by atoms with van der Waals surface area (Å²) in [4.78, 5) is 16.2. The lowest BCUT2D eigenvalue weighted by atomic mass is 10.1. The van der Waals surface area contributed by atoms with Gasteiger partial charge in [0.25, 0.3) is 5.91 Å². The van der Waals surface area contributed by atoms with Gasteiger partial charge in [0.05, 0.1) is 11.1 Å². The van der Waals surface area contributed by atoms with Gasteiger partial charge in [-0.25, -0.2) is 9.37 Å². The molecule has 2 N–H and O–H groups in total. The van der Waals surface area contributed by atoms with Gasteiger partial charge >= 0.3 is 0 Å². The van der Waals surface area contributed by atoms with Gasteiger partial charge in [0.15, 0.2) is 0 Å². The molecule has 0 aliphatic heterocycles. The Morgan fingerprint density at radius 1 is 1.47 bits per heavy atom. The van der Waals surface area contributed by atoms with E-state index < -0.39 is 17.3 Å². The molecule has 0 bridgehead atoms. The number of hydrogen-bond acceptors (Lipinski definition) is 4. The number of phenolic OH excluding ortho intramolecular Hbond substituents is 1. The minimum absolute atomic E-state index is 0.109. The maximum Gasteiger partial charge on any atom is 0.255 e. The summed E-state index contributed by atoms with van der Waals surface area (Å²) in [6, 6.07) is 3.43. The lowest BCUT2D eigenvalue weighted by molar-refractivity contribution is 0.0908. The minimum Gasteiger partial charge on any atom is -0.508 e. The quantitative estimate of drug-likeness (QED) is 0.908. The number of carbonyl (C=O) groups excluding carboxylic acids is 1. The smallest absolute Gasteiger partial charge is 0.255 e. The van der Waals surface area contributed by atoms with Crippen LogP contribution in [0.2, 0.25) is 0 Å². The summed E-state index contributed by atoms with van der Waals surface area (Å²) in [7, 11) is 0. The number of amides is 1. The molecule has 2 rings (SSSR count). The van der Waals surface area contributed by atoms with Crippen molar-refractivity contribution in [3.63, 3.8) is 0 Å². The Kier molecular flexibility index (Phi) is 3.53. The van der Waals surface area contributed by atoms with Crippen LogP contribution in [0, 0.1) is 5.82 Å². The number of aromatic nitrogens is 1. The van der Waals surface area contributed by atoms with Gasteiger partial charge in [-0.2, -0.15) is 0 Å². The summed E-state index contributed by atoms with van der Waals surface area (Å²) < 4.78 is 13.6. The second-order valence-electron chi connectivity index (χ2n) is 4.58. The molecule has 0 radical (unpaired) electrons. The van der Waals surface area contributed by atoms with Crippen molar-refractivity contribution in [2.45, 2.75) is 19.4 Å². The van der Waals surface area contributed by atoms with Crippen molar-refractivity contribution in [1.29, 1.82) is 0 Å². The van der Waals surface area contributed by atoms with Gasteiger partial charge in [-0.1, -0.05) is 0 Å². The van der Waals surface area contributed by atoms with Crippen LogP contribution in [0.25, 0.3) is 0 Å². The van der Waals surface area contributed by atoms with E-state index in [-0.39, 0.29) is 11.3 Å². The number of aromatic hydroxyl groups is 1. The van der Waals surface area contributed by atoms with Crippen molar-refractivity contribution in [1.82, 2.24) is 10.3 Å². The number of thiazole rings is 1. The number of carbonyl (C=O) groups is 1. The van der Waals surface area contributed by atoms with E-state index >= 15 is 0 Å². The number of phenols is 1. The zero-order valence-corrected chi connectivity index (χ0v) is 11.3. The van der Waals surface area contributed by atoms with E-state index in [1.807, 2.05) is 5.38 Å². The molecule has 0 atom stereocenters. The van der Waals surface area contributed by atoms with Gasteiger partial charge in [-0.15, -0.1) is 11.3 Å². The van der Waals surface area contributed by atoms with Crippen LogP contribution >= 0.6 is 11.3 Å². The molecule has 1 amide bonds. The molecular weight excluding hydrogens is 267 g/mol. The van der Waals surface area contributed by atoms with Crippen LogP contribution in [0.1, 0.15) is 29.2 Å². The third-order valence-electron chi connectivity index (χ3n) is 2.59. The Morgan fingerprint density at radius 2 is 2.21 bits per heavy atom. The van der Waals surface area contributed by atoms with Crippen molar-refractivity contribution >= 4 is 17.2 Å². The highest BCUT2D eigenvalue weighted by molar-refractivity contribution is 7.09. The Bertz CT molecular complexity index is 597. The van der Waals surface area contributed by atoms with Crippen LogP contribution < -0.4 is 5.32 Å². The molecule has 4 nitrogen and oxygen atoms in total. The number of benzene rings is 1. The standard InChI is InChI=1S/C13H13FN2O2S/c1-13(2,12-15-5-6-19-12)16-11(18)9-4-3-8(17)7-10(9)14/h3-7,17H,1-2H3,(H,16,18). The highest BCUT2D eigenvalue weighted by atomic mass is 32.1. The summed E-state index contributed by atoms with van der Waals surface area (Å²) in [5, 5.41) is 14.4. The van der Waals surface area contributed by atoms with Crippen LogP contribution in [0.5, 0.6) is 5.75 Å². The fraction of sp³-hybridized carbons (Fsp3) is 0.231. The maximum absolute atomic E-state index is 13.6. The van der Waals surface area contributed by atoms with E-state index in [1.54, 1.807) is 20.0 Å². The lowest BCUT2D eigenvalue weighted by Crippen LogP contribution is -2.41. The zero-order chi connectivity index (χ0) is 14.0. The number of hydrogen-bond donors (Lipinski definition) is 2. The normalized spacial score (nSPS) is 11.3. The fourth-order valence-electron chi connectivity index (χ4n) is 1.62. The number of nitrogens with zero attached hydrogens (tertiary/aromatic N) is 1. The van der Waals surface area contributed by atoms with Gasteiger partial charge in [-0.05, 0) is 26.0 Å². The topological polar surface area (TPSA) is 62.2 Å². The maximum atomic E-state index is 13.6. The molecule has 6 heteroatoms. The van der Waals surface area contributed by atoms with Crippen molar-refractivity contribution in [3.8, 4) is 5.75 Å². The molecule has 0 spiro atoms. The molecule has 0 unspecified atom stereocenters. The second-order valence-corrected chi connectivity index (χ2v) is 5.48. The van der Waals surface area contributed by atoms with E-state index in [4.69, 9.17) is 5.11 Å². The van der Waals surface area contributed by atoms with Crippen LogP contribution in [0.4, 0.5) is 4.39 Å². The summed E-state index contributed by atoms with van der Waals surface area (Å²) in [6.07, 6.45) is 1.65. The Balaban J connectivity index is 2.21. The van der Waals surface area contributed by atoms with Gasteiger partial charge < -0.3 is 10.4 Å². The van der Waals surface area contributed by atoms with Gasteiger partial charge in [0, 0.05) is 17.6 Å². The first kappa shape index (κ1) is 13.5. The zero-order valence-electron chi connectivity index (χ0n) is 10.5. The minimum atomic E-state index is -0.757. The summed E-state index contributed by atoms with van der Waals surface area (Å²) in [5.74, 6) is -1.52. The van der Waals surface area contributed by atoms with E-state index in [2.05, 4.69) is 10.3 Å². The molecule has 0 aliphatic carbocycles. The Morgan fingerprint density at radius 3 is 2.79 bits per heavy atom. The van der Waals surface area contributed by atoms with E-state index in [1.165, 1.54) is 23.5 Å². The molecule has 0 fully saturated rings. The molecular formula is C13H13FN2O2S. The summed E-state index contributed by atoms with van der Waals surface area (Å²) in [5.41, 5.74) is -0.794.